The quantitative estimate of drug-likeness (QED) is 0.234. The lowest BCUT2D eigenvalue weighted by Gasteiger charge is -2.05. The van der Waals surface area contributed by atoms with Crippen LogP contribution in [0.5, 0.6) is 5.75 Å². The van der Waals surface area contributed by atoms with Gasteiger partial charge in [0.25, 0.3) is 11.8 Å². The van der Waals surface area contributed by atoms with E-state index in [1.807, 2.05) is 0 Å². The number of rotatable bonds is 11. The summed E-state index contributed by atoms with van der Waals surface area (Å²) >= 11 is 0. The zero-order valence-corrected chi connectivity index (χ0v) is 17.6. The van der Waals surface area contributed by atoms with Crippen LogP contribution in [-0.4, -0.2) is 38.1 Å². The molecule has 0 aliphatic carbocycles. The summed E-state index contributed by atoms with van der Waals surface area (Å²) in [4.78, 5) is 26.5. The Morgan fingerprint density at radius 2 is 1.81 bits per heavy atom. The number of nitrogens with zero attached hydrogens (tertiary/aromatic N) is 5. The van der Waals surface area contributed by atoms with Gasteiger partial charge in [-0.15, -0.1) is 22.6 Å². The van der Waals surface area contributed by atoms with E-state index in [4.69, 9.17) is 16.0 Å². The number of halogens is 1. The highest BCUT2D eigenvalue weighted by Gasteiger charge is 2.05. The minimum absolute atomic E-state index is 0. The van der Waals surface area contributed by atoms with Gasteiger partial charge >= 0.3 is 0 Å². The molecule has 2 rings (SSSR count). The number of carbonyl (C=O) groups excluding carboxylic acids is 2. The van der Waals surface area contributed by atoms with Crippen molar-refractivity contribution < 1.29 is 14.3 Å². The molecule has 0 saturated carbocycles. The van der Waals surface area contributed by atoms with Gasteiger partial charge in [0.15, 0.2) is 0 Å². The van der Waals surface area contributed by atoms with Gasteiger partial charge in [-0.1, -0.05) is 17.2 Å². The SMILES string of the molecule is Cl.[N-]=[N+]=NCCCOc1ccc(CC(=O)N=Nc2ccc(C(=O)NCCN)cc2)cc1. The lowest BCUT2D eigenvalue weighted by molar-refractivity contribution is -0.117. The summed E-state index contributed by atoms with van der Waals surface area (Å²) in [6.45, 7) is 1.60. The summed E-state index contributed by atoms with van der Waals surface area (Å²) in [6, 6.07) is 13.5. The van der Waals surface area contributed by atoms with Gasteiger partial charge in [0.2, 0.25) is 0 Å². The van der Waals surface area contributed by atoms with Crippen molar-refractivity contribution in [2.24, 2.45) is 21.1 Å². The summed E-state index contributed by atoms with van der Waals surface area (Å²) in [6.07, 6.45) is 0.740. The molecule has 0 radical (unpaired) electrons. The first-order chi connectivity index (χ1) is 14.6. The van der Waals surface area contributed by atoms with Gasteiger partial charge in [0.1, 0.15) is 5.75 Å². The van der Waals surface area contributed by atoms with E-state index in [9.17, 15) is 9.59 Å². The minimum Gasteiger partial charge on any atom is -0.494 e. The Hall–Kier alpha value is -3.46. The fraction of sp³-hybridized carbons (Fsp3) is 0.300. The molecule has 0 bridgehead atoms. The molecule has 0 aliphatic heterocycles. The zero-order valence-electron chi connectivity index (χ0n) is 16.8. The third kappa shape index (κ3) is 9.72. The van der Waals surface area contributed by atoms with Gasteiger partial charge in [0, 0.05) is 30.1 Å². The molecule has 0 heterocycles. The lowest BCUT2D eigenvalue weighted by atomic mass is 10.1. The number of hydrogen-bond donors (Lipinski definition) is 2. The van der Waals surface area contributed by atoms with Crippen LogP contribution in [0.25, 0.3) is 10.4 Å². The van der Waals surface area contributed by atoms with Crippen LogP contribution in [0.3, 0.4) is 0 Å². The summed E-state index contributed by atoms with van der Waals surface area (Å²) < 4.78 is 5.52. The molecule has 0 spiro atoms. The highest BCUT2D eigenvalue weighted by atomic mass is 35.5. The Morgan fingerprint density at radius 1 is 1.10 bits per heavy atom. The number of azo groups is 1. The van der Waals surface area contributed by atoms with Crippen molar-refractivity contribution in [1.29, 1.82) is 0 Å². The topological polar surface area (TPSA) is 155 Å². The molecule has 2 aromatic carbocycles. The van der Waals surface area contributed by atoms with Gasteiger partial charge < -0.3 is 15.8 Å². The molecule has 11 heteroatoms. The molecule has 3 N–H and O–H groups in total. The molecular weight excluding hydrogens is 422 g/mol. The van der Waals surface area contributed by atoms with E-state index in [-0.39, 0.29) is 30.6 Å². The zero-order chi connectivity index (χ0) is 21.6. The highest BCUT2D eigenvalue weighted by Crippen LogP contribution is 2.15. The second kappa shape index (κ2) is 14.5. The maximum atomic E-state index is 12.0. The number of hydrogen-bond acceptors (Lipinski definition) is 6. The van der Waals surface area contributed by atoms with Crippen molar-refractivity contribution in [3.63, 3.8) is 0 Å². The Labute approximate surface area is 185 Å². The molecule has 0 aliphatic rings. The minimum atomic E-state index is -0.386. The fourth-order valence-corrected chi connectivity index (χ4v) is 2.36. The van der Waals surface area contributed by atoms with E-state index in [0.29, 0.717) is 49.7 Å². The average molecular weight is 446 g/mol. The Bertz CT molecular complexity index is 911. The second-order valence-electron chi connectivity index (χ2n) is 6.16. The summed E-state index contributed by atoms with van der Waals surface area (Å²) in [5.41, 5.74) is 15.3. The van der Waals surface area contributed by atoms with Crippen LogP contribution in [0.4, 0.5) is 5.69 Å². The van der Waals surface area contributed by atoms with E-state index in [2.05, 4.69) is 25.6 Å². The second-order valence-corrected chi connectivity index (χ2v) is 6.16. The van der Waals surface area contributed by atoms with Crippen molar-refractivity contribution in [1.82, 2.24) is 5.32 Å². The normalized spacial score (nSPS) is 10.1. The summed E-state index contributed by atoms with van der Waals surface area (Å²) in [5.74, 6) is 0.0651. The van der Waals surface area contributed by atoms with E-state index < -0.39 is 0 Å². The third-order valence-electron chi connectivity index (χ3n) is 3.85. The first kappa shape index (κ1) is 25.6. The van der Waals surface area contributed by atoms with Crippen molar-refractivity contribution in [2.45, 2.75) is 12.8 Å². The maximum Gasteiger partial charge on any atom is 0.269 e. The van der Waals surface area contributed by atoms with Crippen molar-refractivity contribution in [2.75, 3.05) is 26.2 Å². The molecule has 10 nitrogen and oxygen atoms in total. The number of ether oxygens (including phenoxy) is 1. The number of nitrogens with one attached hydrogen (secondary N) is 1. The van der Waals surface area contributed by atoms with Crippen molar-refractivity contribution in [3.05, 3.63) is 70.1 Å². The molecule has 2 amide bonds. The molecule has 164 valence electrons. The lowest BCUT2D eigenvalue weighted by Crippen LogP contribution is -2.28. The van der Waals surface area contributed by atoms with E-state index >= 15 is 0 Å². The molecule has 0 aromatic heterocycles. The molecule has 0 atom stereocenters. The van der Waals surface area contributed by atoms with Gasteiger partial charge in [-0.25, -0.2) is 0 Å². The Kier molecular flexibility index (Phi) is 12.0. The number of azide groups is 1. The largest absolute Gasteiger partial charge is 0.494 e. The number of amides is 2. The van der Waals surface area contributed by atoms with Crippen LogP contribution in [0.1, 0.15) is 22.3 Å². The van der Waals surface area contributed by atoms with Gasteiger partial charge in [-0.2, -0.15) is 0 Å². The number of carbonyl (C=O) groups is 2. The van der Waals surface area contributed by atoms with Crippen molar-refractivity contribution in [3.8, 4) is 5.75 Å². The van der Waals surface area contributed by atoms with Crippen LogP contribution in [0, 0.1) is 0 Å². The van der Waals surface area contributed by atoms with Gasteiger partial charge in [-0.05, 0) is 53.9 Å². The van der Waals surface area contributed by atoms with E-state index in [1.54, 1.807) is 48.5 Å². The molecule has 0 saturated heterocycles. The van der Waals surface area contributed by atoms with E-state index in [1.165, 1.54) is 0 Å². The van der Waals surface area contributed by atoms with Gasteiger partial charge in [0.05, 0.1) is 18.7 Å². The van der Waals surface area contributed by atoms with E-state index in [0.717, 1.165) is 5.56 Å². The first-order valence-electron chi connectivity index (χ1n) is 9.38. The highest BCUT2D eigenvalue weighted by molar-refractivity contribution is 5.94. The number of benzene rings is 2. The third-order valence-corrected chi connectivity index (χ3v) is 3.85. The summed E-state index contributed by atoms with van der Waals surface area (Å²) in [5, 5.41) is 13.7. The number of nitrogens with two attached hydrogens (primary N) is 1. The van der Waals surface area contributed by atoms with Crippen LogP contribution in [-0.2, 0) is 11.2 Å². The summed E-state index contributed by atoms with van der Waals surface area (Å²) in [7, 11) is 0. The average Bonchev–Trinajstić information content (AvgIpc) is 2.77. The van der Waals surface area contributed by atoms with Crippen LogP contribution < -0.4 is 15.8 Å². The first-order valence-corrected chi connectivity index (χ1v) is 9.38. The maximum absolute atomic E-state index is 12.0. The van der Waals surface area contributed by atoms with Gasteiger partial charge in [-0.3, -0.25) is 9.59 Å². The molecule has 0 unspecified atom stereocenters. The predicted molar refractivity (Wildman–Crippen MR) is 119 cm³/mol. The Balaban J connectivity index is 0.00000480. The molecule has 31 heavy (non-hydrogen) atoms. The molecular formula is C20H24ClN7O3. The fourth-order valence-electron chi connectivity index (χ4n) is 2.36. The van der Waals surface area contributed by atoms with Crippen LogP contribution >= 0.6 is 12.4 Å². The molecule has 0 fully saturated rings. The van der Waals surface area contributed by atoms with Crippen molar-refractivity contribution >= 4 is 29.9 Å². The monoisotopic (exact) mass is 445 g/mol. The predicted octanol–water partition coefficient (Wildman–Crippen LogP) is 3.73. The smallest absolute Gasteiger partial charge is 0.269 e. The van der Waals surface area contributed by atoms with Crippen LogP contribution in [0.15, 0.2) is 63.9 Å². The molecule has 2 aromatic rings. The van der Waals surface area contributed by atoms with Crippen LogP contribution in [0.2, 0.25) is 0 Å². The standard InChI is InChI=1S/C20H23N7O3.ClH/c21-10-12-23-20(29)16-4-6-17(7-5-16)25-26-19(28)14-15-2-8-18(9-3-15)30-13-1-11-24-27-22;/h2-9H,1,10-14,21H2,(H,23,29);1H. The Morgan fingerprint density at radius 3 is 2.45 bits per heavy atom.